The van der Waals surface area contributed by atoms with Gasteiger partial charge in [0.1, 0.15) is 11.9 Å². The Morgan fingerprint density at radius 2 is 2.05 bits per heavy atom. The number of carbonyl (C=O) groups is 1. The van der Waals surface area contributed by atoms with Gasteiger partial charge in [-0.25, -0.2) is 9.40 Å². The van der Waals surface area contributed by atoms with Crippen LogP contribution < -0.4 is 5.43 Å². The summed E-state index contributed by atoms with van der Waals surface area (Å²) in [6.45, 7) is 3.18. The van der Waals surface area contributed by atoms with Crippen LogP contribution in [0.2, 0.25) is 0 Å². The number of hydrogen-bond donors (Lipinski definition) is 1. The molecule has 3 nitrogen and oxygen atoms in total. The second kappa shape index (κ2) is 5.87. The smallest absolute Gasteiger partial charge is 0.288 e. The van der Waals surface area contributed by atoms with E-state index in [0.29, 0.717) is 5.56 Å². The summed E-state index contributed by atoms with van der Waals surface area (Å²) in [5.41, 5.74) is 1.88. The Morgan fingerprint density at radius 3 is 2.55 bits per heavy atom. The van der Waals surface area contributed by atoms with Gasteiger partial charge in [0, 0.05) is 12.0 Å². The summed E-state index contributed by atoms with van der Waals surface area (Å²) in [5, 5.41) is 0.981. The summed E-state index contributed by atoms with van der Waals surface area (Å²) in [4.78, 5) is 11.4. The fourth-order valence-corrected chi connectivity index (χ4v) is 2.74. The van der Waals surface area contributed by atoms with Crippen molar-refractivity contribution in [1.29, 1.82) is 0 Å². The maximum absolute atomic E-state index is 13.4. The van der Waals surface area contributed by atoms with Crippen LogP contribution in [-0.2, 0) is 11.2 Å². The third-order valence-electron chi connectivity index (χ3n) is 3.78. The number of nitrogens with one attached hydrogen (secondary N) is 1. The first kappa shape index (κ1) is 16.7. The molecular formula is C15H18F4N2O. The van der Waals surface area contributed by atoms with Crippen LogP contribution in [0.15, 0.2) is 24.3 Å². The predicted octanol–water partition coefficient (Wildman–Crippen LogP) is 3.20. The third kappa shape index (κ3) is 3.76. The topological polar surface area (TPSA) is 32.3 Å². The molecule has 1 aromatic rings. The molecule has 0 unspecified atom stereocenters. The highest BCUT2D eigenvalue weighted by molar-refractivity contribution is 5.78. The average molecular weight is 318 g/mol. The second-order valence-corrected chi connectivity index (χ2v) is 6.12. The minimum atomic E-state index is -4.48. The van der Waals surface area contributed by atoms with E-state index in [1.54, 1.807) is 19.9 Å². The first-order chi connectivity index (χ1) is 10.1. The molecule has 1 atom stereocenters. The quantitative estimate of drug-likeness (QED) is 0.865. The molecule has 0 bridgehead atoms. The monoisotopic (exact) mass is 318 g/mol. The Hall–Kier alpha value is -1.63. The van der Waals surface area contributed by atoms with Crippen molar-refractivity contribution in [2.75, 3.05) is 0 Å². The van der Waals surface area contributed by atoms with Crippen LogP contribution in [0, 0.1) is 5.82 Å². The molecule has 0 aliphatic carbocycles. The molecule has 1 heterocycles. The number of amides is 1. The number of hydrogen-bond acceptors (Lipinski definition) is 2. The van der Waals surface area contributed by atoms with Crippen molar-refractivity contribution in [3.05, 3.63) is 35.6 Å². The summed E-state index contributed by atoms with van der Waals surface area (Å²) >= 11 is 0. The number of benzene rings is 1. The highest BCUT2D eigenvalue weighted by Crippen LogP contribution is 2.35. The normalized spacial score (nSPS) is 20.0. The van der Waals surface area contributed by atoms with Crippen molar-refractivity contribution in [2.24, 2.45) is 0 Å². The number of rotatable bonds is 4. The highest BCUT2D eigenvalue weighted by Gasteiger charge is 2.51. The molecule has 0 saturated carbocycles. The summed E-state index contributed by atoms with van der Waals surface area (Å²) in [5.74, 6) is -0.902. The van der Waals surface area contributed by atoms with Gasteiger partial charge >= 0.3 is 6.18 Å². The molecule has 1 aliphatic heterocycles. The number of hydrazine groups is 1. The largest absolute Gasteiger partial charge is 0.405 e. The van der Waals surface area contributed by atoms with Crippen LogP contribution in [0.25, 0.3) is 0 Å². The summed E-state index contributed by atoms with van der Waals surface area (Å²) in [7, 11) is 0. The zero-order chi connectivity index (χ0) is 16.5. The van der Waals surface area contributed by atoms with Crippen molar-refractivity contribution >= 4 is 5.91 Å². The molecule has 22 heavy (non-hydrogen) atoms. The van der Waals surface area contributed by atoms with Crippen LogP contribution in [0.1, 0.15) is 32.3 Å². The molecule has 1 fully saturated rings. The molecule has 1 saturated heterocycles. The van der Waals surface area contributed by atoms with Gasteiger partial charge in [-0.1, -0.05) is 12.1 Å². The number of halogens is 4. The van der Waals surface area contributed by atoms with Crippen LogP contribution in [0.3, 0.4) is 0 Å². The van der Waals surface area contributed by atoms with Gasteiger partial charge in [-0.2, -0.15) is 13.2 Å². The molecular weight excluding hydrogens is 300 g/mol. The highest BCUT2D eigenvalue weighted by atomic mass is 19.4. The van der Waals surface area contributed by atoms with E-state index in [1.807, 2.05) is 0 Å². The molecule has 122 valence electrons. The summed E-state index contributed by atoms with van der Waals surface area (Å²) < 4.78 is 53.2. The fourth-order valence-electron chi connectivity index (χ4n) is 2.74. The zero-order valence-electron chi connectivity index (χ0n) is 12.4. The second-order valence-electron chi connectivity index (χ2n) is 6.12. The van der Waals surface area contributed by atoms with E-state index in [0.717, 1.165) is 5.01 Å². The molecule has 1 N–H and O–H groups in total. The van der Waals surface area contributed by atoms with Crippen molar-refractivity contribution in [1.82, 2.24) is 10.4 Å². The average Bonchev–Trinajstić information content (AvgIpc) is 2.61. The van der Waals surface area contributed by atoms with E-state index in [4.69, 9.17) is 0 Å². The SMILES string of the molecule is CC1(C)CC(=O)NN1[C@@H](CCc1cccc(F)c1)C(F)(F)F. The van der Waals surface area contributed by atoms with Gasteiger partial charge in [0.15, 0.2) is 0 Å². The minimum absolute atomic E-state index is 0.0134. The van der Waals surface area contributed by atoms with Crippen LogP contribution >= 0.6 is 0 Å². The molecule has 1 amide bonds. The van der Waals surface area contributed by atoms with Crippen molar-refractivity contribution in [2.45, 2.75) is 50.9 Å². The lowest BCUT2D eigenvalue weighted by molar-refractivity contribution is -0.202. The predicted molar refractivity (Wildman–Crippen MR) is 73.2 cm³/mol. The molecule has 1 aliphatic rings. The fraction of sp³-hybridized carbons (Fsp3) is 0.533. The third-order valence-corrected chi connectivity index (χ3v) is 3.78. The van der Waals surface area contributed by atoms with E-state index in [-0.39, 0.29) is 19.3 Å². The lowest BCUT2D eigenvalue weighted by Crippen LogP contribution is -2.56. The van der Waals surface area contributed by atoms with E-state index >= 15 is 0 Å². The van der Waals surface area contributed by atoms with E-state index in [2.05, 4.69) is 5.43 Å². The first-order valence-corrected chi connectivity index (χ1v) is 6.99. The van der Waals surface area contributed by atoms with Gasteiger partial charge in [0.2, 0.25) is 5.91 Å². The standard InChI is InChI=1S/C15H18F4N2O/c1-14(2)9-13(22)20-21(14)12(15(17,18)19)7-6-10-4-3-5-11(16)8-10/h3-5,8,12H,6-7,9H2,1-2H3,(H,20,22)/t12-/m0/s1. The molecule has 0 aromatic heterocycles. The van der Waals surface area contributed by atoms with Gasteiger partial charge in [-0.15, -0.1) is 0 Å². The number of aryl methyl sites for hydroxylation is 1. The van der Waals surface area contributed by atoms with E-state index < -0.39 is 29.5 Å². The Kier molecular flexibility index (Phi) is 4.47. The molecule has 2 rings (SSSR count). The lowest BCUT2D eigenvalue weighted by Gasteiger charge is -2.37. The van der Waals surface area contributed by atoms with Crippen LogP contribution in [0.5, 0.6) is 0 Å². The maximum atomic E-state index is 13.4. The van der Waals surface area contributed by atoms with E-state index in [9.17, 15) is 22.4 Å². The summed E-state index contributed by atoms with van der Waals surface area (Å²) in [6, 6.07) is 3.71. The van der Waals surface area contributed by atoms with Crippen molar-refractivity contribution in [3.63, 3.8) is 0 Å². The van der Waals surface area contributed by atoms with Crippen LogP contribution in [0.4, 0.5) is 17.6 Å². The van der Waals surface area contributed by atoms with Gasteiger partial charge in [-0.3, -0.25) is 10.2 Å². The Labute approximate surface area is 126 Å². The van der Waals surface area contributed by atoms with Gasteiger partial charge < -0.3 is 0 Å². The molecule has 1 aromatic carbocycles. The molecule has 7 heteroatoms. The molecule has 0 radical (unpaired) electrons. The van der Waals surface area contributed by atoms with Crippen molar-refractivity contribution in [3.8, 4) is 0 Å². The minimum Gasteiger partial charge on any atom is -0.288 e. The van der Waals surface area contributed by atoms with Gasteiger partial charge in [0.25, 0.3) is 0 Å². The first-order valence-electron chi connectivity index (χ1n) is 6.99. The van der Waals surface area contributed by atoms with E-state index in [1.165, 1.54) is 18.2 Å². The van der Waals surface area contributed by atoms with Crippen molar-refractivity contribution < 1.29 is 22.4 Å². The zero-order valence-corrected chi connectivity index (χ0v) is 12.4. The Morgan fingerprint density at radius 1 is 1.36 bits per heavy atom. The Balaban J connectivity index is 2.16. The Bertz CT molecular complexity index is 557. The van der Waals surface area contributed by atoms with Crippen LogP contribution in [-0.4, -0.2) is 28.7 Å². The van der Waals surface area contributed by atoms with Gasteiger partial charge in [0.05, 0.1) is 0 Å². The molecule has 0 spiro atoms. The number of alkyl halides is 3. The lowest BCUT2D eigenvalue weighted by atomic mass is 9.97. The number of carbonyl (C=O) groups excluding carboxylic acids is 1. The number of nitrogens with zero attached hydrogens (tertiary/aromatic N) is 1. The van der Waals surface area contributed by atoms with Gasteiger partial charge in [-0.05, 0) is 44.4 Å². The maximum Gasteiger partial charge on any atom is 0.405 e. The summed E-state index contributed by atoms with van der Waals surface area (Å²) in [6.07, 6.45) is -4.65.